The van der Waals surface area contributed by atoms with Crippen molar-refractivity contribution >= 4 is 95.1 Å². The van der Waals surface area contributed by atoms with Gasteiger partial charge in [0.1, 0.15) is 33.0 Å². The van der Waals surface area contributed by atoms with Crippen molar-refractivity contribution in [3.05, 3.63) is 295 Å². The largest absolute Gasteiger partial charge is 0.344 e. The molecular weight excluding hydrogens is 1810 g/mol. The summed E-state index contributed by atoms with van der Waals surface area (Å²) in [4.78, 5) is 2.73. The molecule has 8 rings (SSSR count). The Balaban J connectivity index is -0.0000000808. The molecule has 22 heteroatoms. The second-order valence-corrected chi connectivity index (χ2v) is 30.4. The molecule has 606 valence electrons. The van der Waals surface area contributed by atoms with Gasteiger partial charge in [-0.1, -0.05) is 344 Å². The molecule has 8 aromatic carbocycles. The van der Waals surface area contributed by atoms with Gasteiger partial charge in [-0.3, -0.25) is 6.14 Å². The number of nitrogens with one attached hydrogen (secondary N) is 1. The zero-order valence-corrected chi connectivity index (χ0v) is 82.8. The van der Waals surface area contributed by atoms with Crippen molar-refractivity contribution in [2.24, 2.45) is 20.6 Å². The number of aryl methyl sites for hydroxylation is 1. The molecule has 0 aliphatic carbocycles. The van der Waals surface area contributed by atoms with Gasteiger partial charge in [0.15, 0.2) is 42.4 Å². The molecule has 0 aliphatic heterocycles. The molecule has 0 fully saturated rings. The number of benzene rings is 8. The first-order valence-corrected chi connectivity index (χ1v) is 46.5. The smallest absolute Gasteiger partial charge is 0.238 e. The average Bonchev–Trinajstić information content (AvgIpc) is 0.885. The molecule has 13 nitrogen and oxygen atoms in total. The van der Waals surface area contributed by atoms with E-state index in [1.165, 1.54) is 88.2 Å². The maximum absolute atomic E-state index is 11.1. The minimum atomic E-state index is -3.50. The summed E-state index contributed by atoms with van der Waals surface area (Å²) in [5.41, 5.74) is 1.32. The van der Waals surface area contributed by atoms with E-state index < -0.39 is 95.1 Å². The molecule has 0 aromatic heterocycles. The SMILES string of the molecule is C=C.C=CC.CC.CCC.CCC.CCC.CCCC.CCCC.CCCCC.CS(=N)(=O)c1ccccc1.Cc1ccccc1.NS(=O)(=O)c1ccccc1.NS(=O)c1ccccc1.NS(=O)c1ccccc1.NS(=O)c1ccccc1.O=Ic1ccccc1.O=Ic1ccccc1.[CH2-]CC.[CH2-]CC.[Y].[Y]. The third-order valence-corrected chi connectivity index (χ3v) is 16.2. The Labute approximate surface area is 735 Å². The minimum absolute atomic E-state index is 0. The van der Waals surface area contributed by atoms with Crippen molar-refractivity contribution in [3.63, 3.8) is 0 Å². The predicted octanol–water partition coefficient (Wildman–Crippen LogP) is 25.9. The van der Waals surface area contributed by atoms with E-state index in [0.29, 0.717) is 19.6 Å². The number of hydrogen-bond acceptors (Lipinski definition) is 9. The summed E-state index contributed by atoms with van der Waals surface area (Å²) in [6.07, 6.45) is 18.3. The summed E-state index contributed by atoms with van der Waals surface area (Å²) in [7, 11) is -9.99. The first kappa shape index (κ1) is 133. The van der Waals surface area contributed by atoms with Gasteiger partial charge in [-0.25, -0.2) is 50.6 Å². The summed E-state index contributed by atoms with van der Waals surface area (Å²) < 4.78 is 93.5. The minimum Gasteiger partial charge on any atom is -0.344 e. The van der Waals surface area contributed by atoms with Crippen LogP contribution in [-0.2, 0) is 124 Å². The molecule has 8 aromatic rings. The van der Waals surface area contributed by atoms with Crippen LogP contribution < -0.4 is 20.6 Å². The van der Waals surface area contributed by atoms with Gasteiger partial charge < -0.3 is 13.8 Å². The van der Waals surface area contributed by atoms with Gasteiger partial charge in [0.25, 0.3) is 0 Å². The summed E-state index contributed by atoms with van der Waals surface area (Å²) in [6, 6.07) is 72.7. The van der Waals surface area contributed by atoms with Crippen LogP contribution in [0.4, 0.5) is 0 Å². The molecule has 107 heavy (non-hydrogen) atoms. The van der Waals surface area contributed by atoms with Crippen LogP contribution in [0.2, 0.25) is 0 Å². The molecule has 0 aliphatic rings. The predicted molar refractivity (Wildman–Crippen MR) is 485 cm³/mol. The molecule has 2 radical (unpaired) electrons. The van der Waals surface area contributed by atoms with E-state index in [1.807, 2.05) is 138 Å². The van der Waals surface area contributed by atoms with Crippen LogP contribution >= 0.6 is 42.4 Å². The molecule has 0 amide bonds. The Morgan fingerprint density at radius 3 is 0.654 bits per heavy atom. The zero-order valence-electron chi connectivity index (χ0n) is 68.7. The van der Waals surface area contributed by atoms with Gasteiger partial charge in [0, 0.05) is 83.7 Å². The summed E-state index contributed by atoms with van der Waals surface area (Å²) in [6.45, 7) is 54.2. The third-order valence-electron chi connectivity index (χ3n) is 9.48. The maximum atomic E-state index is 11.1. The number of halogens is 2. The molecular formula is C85H141I2N5O8S5Y2-2. The van der Waals surface area contributed by atoms with Gasteiger partial charge in [-0.15, -0.1) is 19.7 Å². The van der Waals surface area contributed by atoms with Crippen LogP contribution in [0.25, 0.3) is 0 Å². The summed E-state index contributed by atoms with van der Waals surface area (Å²) in [5.74, 6) is 0. The fourth-order valence-corrected chi connectivity index (χ4v) is 8.68. The quantitative estimate of drug-likeness (QED) is 0.0471. The Bertz CT molecular complexity index is 3000. The number of allylic oxidation sites excluding steroid dienone is 1. The van der Waals surface area contributed by atoms with Gasteiger partial charge >= 0.3 is 0 Å². The standard InChI is InChI=1S/C7H9NOS.C7H8.2C6H5IO.C6H7NO2S.3C6H7NOS.C5H12.2C4H10.3C3H8.2C3H7.C3H6.C2H6.C2H4.2Y/c1-10(8,9)7-5-3-2-4-6-7;1-7-5-3-2-4-6-7;2*8-7-6-4-2-1-3-5-6;7-10(8,9)6-4-2-1-3-5-6;3*7-9(8)6-4-2-1-3-5-6;1-3-5-4-2;2*1-3-4-2;6*1-3-2;2*1-2;;/h2-6,8H,1H3;2-6H,1H3;2*1-5H;1-5H,(H2,7,8,9);3*1-5H,7H2;3-5H2,1-2H3;2*3-4H2,1-2H3;3*3H2,1-2H3;2*1,3H2,2H3;3H,1H2,2H3;1-2H3;1-2H2;;/q;;;;;;;;;;;;;;2*-1;;;;;. The summed E-state index contributed by atoms with van der Waals surface area (Å²) in [5, 5.41) is 20.1. The zero-order chi connectivity index (χ0) is 83.2. The van der Waals surface area contributed by atoms with Gasteiger partial charge in [0.05, 0.1) is 29.3 Å². The first-order valence-electron chi connectivity index (χ1n) is 35.4. The molecule has 4 unspecified atom stereocenters. The number of primary sulfonamides is 1. The summed E-state index contributed by atoms with van der Waals surface area (Å²) >= 11 is -1.88. The molecule has 0 spiro atoms. The second-order valence-electron chi connectivity index (χ2n) is 20.1. The van der Waals surface area contributed by atoms with E-state index in [-0.39, 0.29) is 70.3 Å². The maximum Gasteiger partial charge on any atom is 0.238 e. The van der Waals surface area contributed by atoms with E-state index in [2.05, 4.69) is 136 Å². The van der Waals surface area contributed by atoms with Gasteiger partial charge in [0.2, 0.25) is 10.0 Å². The Kier molecular flexibility index (Phi) is 141. The fraction of sp³-hybridized carbons (Fsp3) is 0.365. The fourth-order valence-electron chi connectivity index (χ4n) is 4.77. The molecule has 0 saturated carbocycles. The second kappa shape index (κ2) is 114. The molecule has 4 atom stereocenters. The van der Waals surface area contributed by atoms with Crippen LogP contribution in [0.5, 0.6) is 0 Å². The van der Waals surface area contributed by atoms with Crippen molar-refractivity contribution in [3.8, 4) is 0 Å². The van der Waals surface area contributed by atoms with Crippen molar-refractivity contribution in [2.75, 3.05) is 6.26 Å². The Morgan fingerprint density at radius 2 is 0.570 bits per heavy atom. The van der Waals surface area contributed by atoms with Crippen molar-refractivity contribution < 1.29 is 96.8 Å². The number of sulfonamides is 1. The molecule has 0 bridgehead atoms. The number of unbranched alkanes of at least 4 members (excludes halogenated alkanes) is 4. The number of nitrogens with two attached hydrogens (primary N) is 4. The van der Waals surface area contributed by atoms with Crippen molar-refractivity contribution in [2.45, 2.75) is 226 Å². The topological polar surface area (TPSA) is 264 Å². The van der Waals surface area contributed by atoms with E-state index in [4.69, 9.17) is 25.3 Å². The molecule has 9 N–H and O–H groups in total. The Hall–Kier alpha value is -3.30. The molecule has 0 heterocycles. The monoisotopic (exact) mass is 1950 g/mol. The van der Waals surface area contributed by atoms with E-state index in [1.54, 1.807) is 121 Å². The van der Waals surface area contributed by atoms with Gasteiger partial charge in [-0.05, 0) is 98.8 Å². The van der Waals surface area contributed by atoms with Crippen LogP contribution in [0.15, 0.2) is 293 Å². The van der Waals surface area contributed by atoms with Crippen molar-refractivity contribution in [1.82, 2.24) is 0 Å². The van der Waals surface area contributed by atoms with Crippen LogP contribution in [0.3, 0.4) is 0 Å². The van der Waals surface area contributed by atoms with Crippen LogP contribution in [0, 0.1) is 32.7 Å². The van der Waals surface area contributed by atoms with Crippen LogP contribution in [0.1, 0.15) is 200 Å². The number of hydrogen-bond donors (Lipinski definition) is 5. The third kappa shape index (κ3) is 121. The van der Waals surface area contributed by atoms with Crippen molar-refractivity contribution in [1.29, 1.82) is 4.78 Å². The molecule has 0 saturated heterocycles. The average molecular weight is 1950 g/mol. The van der Waals surface area contributed by atoms with Gasteiger partial charge in [-0.2, -0.15) is 12.8 Å². The van der Waals surface area contributed by atoms with E-state index in [0.717, 1.165) is 20.0 Å². The normalized spacial score (nSPS) is 9.77. The van der Waals surface area contributed by atoms with E-state index >= 15 is 0 Å². The first-order chi connectivity index (χ1) is 50.1. The van der Waals surface area contributed by atoms with Crippen LogP contribution in [-0.4, -0.2) is 31.5 Å². The Morgan fingerprint density at radius 1 is 0.402 bits per heavy atom. The van der Waals surface area contributed by atoms with E-state index in [9.17, 15) is 31.4 Å². The number of rotatable bonds is 11.